The Balaban J connectivity index is 1.86. The number of halogens is 1. The molecule has 156 valence electrons. The van der Waals surface area contributed by atoms with Crippen molar-refractivity contribution in [1.82, 2.24) is 10.4 Å². The lowest BCUT2D eigenvalue weighted by molar-refractivity contribution is 0.246. The highest BCUT2D eigenvalue weighted by Gasteiger charge is 2.17. The van der Waals surface area contributed by atoms with Crippen molar-refractivity contribution in [2.75, 3.05) is 12.1 Å². The molecule has 3 aromatic rings. The van der Waals surface area contributed by atoms with Crippen LogP contribution in [0.25, 0.3) is 11.3 Å². The molecule has 1 aromatic heterocycles. The van der Waals surface area contributed by atoms with Crippen LogP contribution in [0, 0.1) is 6.92 Å². The first-order valence-electron chi connectivity index (χ1n) is 9.02. The van der Waals surface area contributed by atoms with E-state index < -0.39 is 6.03 Å². The van der Waals surface area contributed by atoms with Crippen molar-refractivity contribution in [3.8, 4) is 22.9 Å². The highest BCUT2D eigenvalue weighted by atomic mass is 35.5. The molecular formula is C21H22ClN5O3. The number of hydrazine groups is 2. The van der Waals surface area contributed by atoms with Crippen molar-refractivity contribution >= 4 is 23.3 Å². The van der Waals surface area contributed by atoms with Crippen LogP contribution in [0.5, 0.6) is 11.6 Å². The molecular weight excluding hydrogens is 406 g/mol. The zero-order valence-corrected chi connectivity index (χ0v) is 17.3. The zero-order chi connectivity index (χ0) is 21.7. The summed E-state index contributed by atoms with van der Waals surface area (Å²) in [6.45, 7) is 2.06. The van der Waals surface area contributed by atoms with E-state index in [9.17, 15) is 4.79 Å². The quantitative estimate of drug-likeness (QED) is 0.314. The number of anilines is 1. The van der Waals surface area contributed by atoms with Crippen LogP contribution in [0.15, 0.2) is 54.6 Å². The van der Waals surface area contributed by atoms with Gasteiger partial charge in [-0.3, -0.25) is 5.43 Å². The minimum absolute atomic E-state index is 0.155. The average molecular weight is 428 g/mol. The number of carbonyl (C=O) groups excluding carboxylic acids is 1. The normalized spacial score (nSPS) is 10.4. The number of hydrogen-bond acceptors (Lipinski definition) is 6. The molecule has 8 nitrogen and oxygen atoms in total. The molecule has 2 aromatic carbocycles. The van der Waals surface area contributed by atoms with Gasteiger partial charge in [0.1, 0.15) is 12.4 Å². The van der Waals surface area contributed by atoms with Gasteiger partial charge in [-0.2, -0.15) is 0 Å². The number of aryl methyl sites for hydroxylation is 1. The first-order valence-corrected chi connectivity index (χ1v) is 9.40. The average Bonchev–Trinajstić information content (AvgIpc) is 2.77. The number of nitrogens with one attached hydrogen (secondary N) is 1. The minimum Gasteiger partial charge on any atom is -0.496 e. The summed E-state index contributed by atoms with van der Waals surface area (Å²) in [5.41, 5.74) is 5.60. The molecule has 0 bridgehead atoms. The van der Waals surface area contributed by atoms with Crippen molar-refractivity contribution in [1.29, 1.82) is 0 Å². The molecule has 0 saturated heterocycles. The number of rotatable bonds is 6. The van der Waals surface area contributed by atoms with E-state index in [1.54, 1.807) is 37.4 Å². The standard InChI is InChI=1S/C21H22ClN5O3/c1-13-5-3-7-18(27(24)21(28)26-23)16(13)12-30-20-8-4-6-17(25-20)15-10-9-14(22)11-19(15)29-2/h3-11H,12,23-24H2,1-2H3,(H,26,28). The number of pyridine rings is 1. The molecule has 0 atom stereocenters. The van der Waals surface area contributed by atoms with Gasteiger partial charge >= 0.3 is 6.03 Å². The summed E-state index contributed by atoms with van der Waals surface area (Å²) in [6.07, 6.45) is 0. The summed E-state index contributed by atoms with van der Waals surface area (Å²) in [6, 6.07) is 15.5. The van der Waals surface area contributed by atoms with E-state index in [2.05, 4.69) is 4.98 Å². The van der Waals surface area contributed by atoms with E-state index in [0.717, 1.165) is 21.7 Å². The van der Waals surface area contributed by atoms with E-state index in [4.69, 9.17) is 32.8 Å². The fourth-order valence-corrected chi connectivity index (χ4v) is 3.11. The van der Waals surface area contributed by atoms with Crippen LogP contribution in [0.3, 0.4) is 0 Å². The number of aromatic nitrogens is 1. The van der Waals surface area contributed by atoms with Gasteiger partial charge in [0.05, 0.1) is 18.5 Å². The monoisotopic (exact) mass is 427 g/mol. The second-order valence-corrected chi connectivity index (χ2v) is 6.82. The highest BCUT2D eigenvalue weighted by Crippen LogP contribution is 2.32. The second kappa shape index (κ2) is 9.45. The van der Waals surface area contributed by atoms with Gasteiger partial charge in [-0.25, -0.2) is 26.5 Å². The summed E-state index contributed by atoms with van der Waals surface area (Å²) in [5, 5.41) is 1.51. The largest absolute Gasteiger partial charge is 0.496 e. The summed E-state index contributed by atoms with van der Waals surface area (Å²) >= 11 is 6.04. The molecule has 30 heavy (non-hydrogen) atoms. The Bertz CT molecular complexity index is 1060. The van der Waals surface area contributed by atoms with Gasteiger partial charge in [0.2, 0.25) is 5.88 Å². The third kappa shape index (κ3) is 4.62. The smallest absolute Gasteiger partial charge is 0.350 e. The molecule has 2 amide bonds. The SMILES string of the molecule is COc1cc(Cl)ccc1-c1cccc(OCc2c(C)cccc2N(N)C(=O)NN)n1. The maximum Gasteiger partial charge on any atom is 0.350 e. The van der Waals surface area contributed by atoms with E-state index in [1.807, 2.05) is 36.6 Å². The third-order valence-electron chi connectivity index (χ3n) is 4.51. The number of hydrogen-bond donors (Lipinski definition) is 3. The van der Waals surface area contributed by atoms with E-state index in [-0.39, 0.29) is 6.61 Å². The van der Waals surface area contributed by atoms with Crippen LogP contribution < -0.4 is 31.6 Å². The Kier molecular flexibility index (Phi) is 6.73. The van der Waals surface area contributed by atoms with Crippen molar-refractivity contribution < 1.29 is 14.3 Å². The van der Waals surface area contributed by atoms with Crippen LogP contribution in [-0.4, -0.2) is 18.1 Å². The lowest BCUT2D eigenvalue weighted by Gasteiger charge is -2.21. The Morgan fingerprint density at radius 3 is 2.70 bits per heavy atom. The van der Waals surface area contributed by atoms with Gasteiger partial charge < -0.3 is 9.47 Å². The van der Waals surface area contributed by atoms with Gasteiger partial charge in [-0.05, 0) is 42.8 Å². The van der Waals surface area contributed by atoms with Crippen molar-refractivity contribution in [2.24, 2.45) is 11.7 Å². The fraction of sp³-hybridized carbons (Fsp3) is 0.143. The Morgan fingerprint density at radius 2 is 1.97 bits per heavy atom. The van der Waals surface area contributed by atoms with E-state index in [1.165, 1.54) is 0 Å². The molecule has 9 heteroatoms. The Hall–Kier alpha value is -3.33. The van der Waals surface area contributed by atoms with Crippen LogP contribution in [-0.2, 0) is 6.61 Å². The van der Waals surface area contributed by atoms with Crippen LogP contribution in [0.1, 0.15) is 11.1 Å². The summed E-state index contributed by atoms with van der Waals surface area (Å²) in [5.74, 6) is 12.1. The molecule has 5 N–H and O–H groups in total. The third-order valence-corrected chi connectivity index (χ3v) is 4.75. The molecule has 0 aliphatic carbocycles. The fourth-order valence-electron chi connectivity index (χ4n) is 2.95. The number of amides is 2. The molecule has 0 fully saturated rings. The lowest BCUT2D eigenvalue weighted by Crippen LogP contribution is -2.48. The first-order chi connectivity index (χ1) is 14.4. The van der Waals surface area contributed by atoms with Crippen molar-refractivity contribution in [3.05, 3.63) is 70.7 Å². The van der Waals surface area contributed by atoms with Gasteiger partial charge in [-0.15, -0.1) is 0 Å². The molecule has 0 saturated carbocycles. The number of benzene rings is 2. The summed E-state index contributed by atoms with van der Waals surface area (Å²) in [4.78, 5) is 16.4. The topological polar surface area (TPSA) is 116 Å². The van der Waals surface area contributed by atoms with E-state index >= 15 is 0 Å². The summed E-state index contributed by atoms with van der Waals surface area (Å²) < 4.78 is 11.3. The van der Waals surface area contributed by atoms with Crippen molar-refractivity contribution in [3.63, 3.8) is 0 Å². The predicted molar refractivity (Wildman–Crippen MR) is 116 cm³/mol. The maximum absolute atomic E-state index is 11.8. The van der Waals surface area contributed by atoms with Crippen LogP contribution >= 0.6 is 11.6 Å². The Labute approximate surface area is 179 Å². The zero-order valence-electron chi connectivity index (χ0n) is 16.6. The predicted octanol–water partition coefficient (Wildman–Crippen LogP) is 3.56. The highest BCUT2D eigenvalue weighted by molar-refractivity contribution is 6.30. The first kappa shape index (κ1) is 21.4. The number of carbonyl (C=O) groups is 1. The molecule has 0 spiro atoms. The number of ether oxygens (including phenoxy) is 2. The van der Waals surface area contributed by atoms with Gasteiger partial charge in [0.15, 0.2) is 0 Å². The van der Waals surface area contributed by atoms with Crippen LogP contribution in [0.2, 0.25) is 5.02 Å². The van der Waals surface area contributed by atoms with E-state index in [0.29, 0.717) is 28.0 Å². The van der Waals surface area contributed by atoms with Crippen molar-refractivity contribution in [2.45, 2.75) is 13.5 Å². The number of urea groups is 1. The second-order valence-electron chi connectivity index (χ2n) is 6.39. The lowest BCUT2D eigenvalue weighted by atomic mass is 10.1. The number of nitrogens with two attached hydrogens (primary N) is 2. The van der Waals surface area contributed by atoms with Gasteiger partial charge in [-0.1, -0.05) is 29.8 Å². The number of nitrogens with zero attached hydrogens (tertiary/aromatic N) is 2. The molecule has 0 unspecified atom stereocenters. The Morgan fingerprint density at radius 1 is 1.20 bits per heavy atom. The molecule has 1 heterocycles. The minimum atomic E-state index is -0.642. The molecule has 0 aliphatic rings. The molecule has 3 rings (SSSR count). The van der Waals surface area contributed by atoms with Crippen LogP contribution in [0.4, 0.5) is 10.5 Å². The number of methoxy groups -OCH3 is 1. The maximum atomic E-state index is 11.8. The van der Waals surface area contributed by atoms with Gasteiger partial charge in [0.25, 0.3) is 0 Å². The summed E-state index contributed by atoms with van der Waals surface area (Å²) in [7, 11) is 1.57. The molecule has 0 aliphatic heterocycles. The molecule has 0 radical (unpaired) electrons. The van der Waals surface area contributed by atoms with Gasteiger partial charge in [0, 0.05) is 22.2 Å².